The third-order valence-electron chi connectivity index (χ3n) is 4.52. The number of hydrogen-bond acceptors (Lipinski definition) is 5. The monoisotopic (exact) mass is 310 g/mol. The number of aromatic nitrogens is 2. The van der Waals surface area contributed by atoms with Crippen LogP contribution in [0.3, 0.4) is 0 Å². The van der Waals surface area contributed by atoms with Gasteiger partial charge >= 0.3 is 0 Å². The van der Waals surface area contributed by atoms with Crippen LogP contribution in [0.1, 0.15) is 39.0 Å². The Morgan fingerprint density at radius 2 is 2.00 bits per heavy atom. The van der Waals surface area contributed by atoms with Crippen molar-refractivity contribution in [3.8, 4) is 0 Å². The lowest BCUT2D eigenvalue weighted by Gasteiger charge is -2.22. The van der Waals surface area contributed by atoms with Crippen molar-refractivity contribution in [2.45, 2.75) is 50.0 Å². The van der Waals surface area contributed by atoms with Gasteiger partial charge in [-0.15, -0.1) is 0 Å². The summed E-state index contributed by atoms with van der Waals surface area (Å²) in [7, 11) is -3.51. The van der Waals surface area contributed by atoms with Crippen LogP contribution in [0.2, 0.25) is 0 Å². The van der Waals surface area contributed by atoms with Crippen LogP contribution < -0.4 is 10.0 Å². The summed E-state index contributed by atoms with van der Waals surface area (Å²) in [5, 5.41) is 3.03. The van der Waals surface area contributed by atoms with Gasteiger partial charge in [0.2, 0.25) is 16.0 Å². The maximum absolute atomic E-state index is 12.4. The Kier molecular flexibility index (Phi) is 4.12. The second-order valence-electron chi connectivity index (χ2n) is 6.07. The van der Waals surface area contributed by atoms with Crippen LogP contribution in [-0.2, 0) is 10.0 Å². The Morgan fingerprint density at radius 3 is 2.57 bits per heavy atom. The average molecular weight is 310 g/mol. The van der Waals surface area contributed by atoms with Gasteiger partial charge in [-0.05, 0) is 37.5 Å². The minimum Gasteiger partial charge on any atom is -0.354 e. The predicted molar refractivity (Wildman–Crippen MR) is 80.4 cm³/mol. The summed E-state index contributed by atoms with van der Waals surface area (Å²) < 4.78 is 27.6. The molecule has 2 bridgehead atoms. The molecule has 2 fully saturated rings. The number of rotatable bonds is 6. The van der Waals surface area contributed by atoms with Gasteiger partial charge in [0.1, 0.15) is 4.90 Å². The molecular weight excluding hydrogens is 288 g/mol. The molecule has 2 N–H and O–H groups in total. The van der Waals surface area contributed by atoms with Crippen LogP contribution in [0, 0.1) is 11.8 Å². The van der Waals surface area contributed by atoms with Crippen LogP contribution in [0.4, 0.5) is 5.95 Å². The second-order valence-corrected chi connectivity index (χ2v) is 7.79. The Balaban J connectivity index is 1.67. The molecule has 0 spiro atoms. The van der Waals surface area contributed by atoms with Crippen molar-refractivity contribution >= 4 is 16.0 Å². The lowest BCUT2D eigenvalue weighted by molar-refractivity contribution is 0.390. The number of nitrogens with one attached hydrogen (secondary N) is 2. The molecule has 1 heterocycles. The summed E-state index contributed by atoms with van der Waals surface area (Å²) >= 11 is 0. The van der Waals surface area contributed by atoms with Gasteiger partial charge in [0.15, 0.2) is 0 Å². The summed E-state index contributed by atoms with van der Waals surface area (Å²) in [6.07, 6.45) is 8.26. The number of anilines is 1. The molecule has 3 atom stereocenters. The molecule has 116 valence electrons. The smallest absolute Gasteiger partial charge is 0.243 e. The maximum atomic E-state index is 12.4. The van der Waals surface area contributed by atoms with E-state index in [0.717, 1.165) is 25.8 Å². The van der Waals surface area contributed by atoms with E-state index in [1.165, 1.54) is 25.2 Å². The standard InChI is InChI=1S/C14H22N4O2S/c1-2-5-15-14-16-8-12(9-17-14)21(19,20)18-13-7-10-3-4-11(13)6-10/h8-11,13,18H,2-7H2,1H3,(H,15,16,17). The largest absolute Gasteiger partial charge is 0.354 e. The molecule has 1 aromatic rings. The van der Waals surface area contributed by atoms with E-state index in [9.17, 15) is 8.42 Å². The van der Waals surface area contributed by atoms with E-state index in [2.05, 4.69) is 20.0 Å². The minimum atomic E-state index is -3.51. The highest BCUT2D eigenvalue weighted by Gasteiger charge is 2.41. The summed E-state index contributed by atoms with van der Waals surface area (Å²) in [6, 6.07) is 0.0895. The van der Waals surface area contributed by atoms with Crippen molar-refractivity contribution in [2.75, 3.05) is 11.9 Å². The van der Waals surface area contributed by atoms with Gasteiger partial charge in [-0.1, -0.05) is 13.3 Å². The van der Waals surface area contributed by atoms with Gasteiger partial charge in [0, 0.05) is 12.6 Å². The van der Waals surface area contributed by atoms with E-state index in [-0.39, 0.29) is 10.9 Å². The number of sulfonamides is 1. The number of hydrogen-bond donors (Lipinski definition) is 2. The van der Waals surface area contributed by atoms with Crippen molar-refractivity contribution in [3.05, 3.63) is 12.4 Å². The Morgan fingerprint density at radius 1 is 1.24 bits per heavy atom. The zero-order chi connectivity index (χ0) is 14.9. The Labute approximate surface area is 125 Å². The van der Waals surface area contributed by atoms with E-state index >= 15 is 0 Å². The van der Waals surface area contributed by atoms with Gasteiger partial charge in [0.05, 0.1) is 12.4 Å². The molecule has 2 saturated carbocycles. The van der Waals surface area contributed by atoms with Crippen LogP contribution in [0.15, 0.2) is 17.3 Å². The van der Waals surface area contributed by atoms with Crippen molar-refractivity contribution in [1.29, 1.82) is 0 Å². The first-order chi connectivity index (χ1) is 10.1. The first-order valence-electron chi connectivity index (χ1n) is 7.66. The number of fused-ring (bicyclic) bond motifs is 2. The molecule has 7 heteroatoms. The second kappa shape index (κ2) is 5.88. The van der Waals surface area contributed by atoms with E-state index in [0.29, 0.717) is 17.8 Å². The zero-order valence-corrected chi connectivity index (χ0v) is 13.1. The fourth-order valence-electron chi connectivity index (χ4n) is 3.44. The molecule has 0 aromatic carbocycles. The quantitative estimate of drug-likeness (QED) is 0.836. The first kappa shape index (κ1) is 14.7. The average Bonchev–Trinajstić information content (AvgIpc) is 3.07. The molecular formula is C14H22N4O2S. The normalized spacial score (nSPS) is 28.0. The first-order valence-corrected chi connectivity index (χ1v) is 9.15. The molecule has 21 heavy (non-hydrogen) atoms. The molecule has 3 unspecified atom stereocenters. The van der Waals surface area contributed by atoms with Crippen LogP contribution in [-0.4, -0.2) is 31.0 Å². The van der Waals surface area contributed by atoms with E-state index in [1.54, 1.807) is 0 Å². The van der Waals surface area contributed by atoms with E-state index in [1.807, 2.05) is 6.92 Å². The Hall–Kier alpha value is -1.21. The molecule has 0 radical (unpaired) electrons. The summed E-state index contributed by atoms with van der Waals surface area (Å²) in [4.78, 5) is 8.27. The predicted octanol–water partition coefficient (Wildman–Crippen LogP) is 1.77. The summed E-state index contributed by atoms with van der Waals surface area (Å²) in [5.41, 5.74) is 0. The highest BCUT2D eigenvalue weighted by Crippen LogP contribution is 2.44. The Bertz CT molecular complexity index is 587. The summed E-state index contributed by atoms with van der Waals surface area (Å²) in [5.74, 6) is 1.69. The van der Waals surface area contributed by atoms with Crippen molar-refractivity contribution in [3.63, 3.8) is 0 Å². The highest BCUT2D eigenvalue weighted by atomic mass is 32.2. The molecule has 6 nitrogen and oxygen atoms in total. The zero-order valence-electron chi connectivity index (χ0n) is 12.2. The topological polar surface area (TPSA) is 84.0 Å². The van der Waals surface area contributed by atoms with Crippen LogP contribution >= 0.6 is 0 Å². The van der Waals surface area contributed by atoms with Crippen molar-refractivity contribution < 1.29 is 8.42 Å². The summed E-state index contributed by atoms with van der Waals surface area (Å²) in [6.45, 7) is 2.82. The molecule has 3 rings (SSSR count). The van der Waals surface area contributed by atoms with Crippen molar-refractivity contribution in [1.82, 2.24) is 14.7 Å². The van der Waals surface area contributed by atoms with Crippen LogP contribution in [0.25, 0.3) is 0 Å². The molecule has 0 aliphatic heterocycles. The molecule has 0 amide bonds. The van der Waals surface area contributed by atoms with Gasteiger partial charge in [-0.25, -0.2) is 23.1 Å². The van der Waals surface area contributed by atoms with Crippen LogP contribution in [0.5, 0.6) is 0 Å². The highest BCUT2D eigenvalue weighted by molar-refractivity contribution is 7.89. The molecule has 1 aromatic heterocycles. The van der Waals surface area contributed by atoms with Gasteiger partial charge < -0.3 is 5.32 Å². The maximum Gasteiger partial charge on any atom is 0.243 e. The third-order valence-corrected chi connectivity index (χ3v) is 5.96. The lowest BCUT2D eigenvalue weighted by Crippen LogP contribution is -2.38. The van der Waals surface area contributed by atoms with E-state index < -0.39 is 10.0 Å². The van der Waals surface area contributed by atoms with Gasteiger partial charge in [-0.3, -0.25) is 0 Å². The molecule has 0 saturated heterocycles. The number of nitrogens with zero attached hydrogens (tertiary/aromatic N) is 2. The fourth-order valence-corrected chi connectivity index (χ4v) is 4.65. The van der Waals surface area contributed by atoms with Gasteiger partial charge in [-0.2, -0.15) is 0 Å². The fraction of sp³-hybridized carbons (Fsp3) is 0.714. The molecule has 2 aliphatic rings. The van der Waals surface area contributed by atoms with Crippen molar-refractivity contribution in [2.24, 2.45) is 11.8 Å². The van der Waals surface area contributed by atoms with E-state index in [4.69, 9.17) is 0 Å². The van der Waals surface area contributed by atoms with Gasteiger partial charge in [0.25, 0.3) is 0 Å². The minimum absolute atomic E-state index is 0.0895. The lowest BCUT2D eigenvalue weighted by atomic mass is 9.96. The molecule has 2 aliphatic carbocycles. The third kappa shape index (κ3) is 3.18. The SMILES string of the molecule is CCCNc1ncc(S(=O)(=O)NC2CC3CCC2C3)cn1.